The number of rotatable bonds is 4. The smallest absolute Gasteiger partial charge is 0.109 e. The summed E-state index contributed by atoms with van der Waals surface area (Å²) in [5.74, 6) is 0. The van der Waals surface area contributed by atoms with E-state index in [0.29, 0.717) is 0 Å². The lowest BCUT2D eigenvalue weighted by Gasteiger charge is -2.38. The van der Waals surface area contributed by atoms with E-state index in [0.717, 1.165) is 43.0 Å². The fourth-order valence-electron chi connectivity index (χ4n) is 3.96. The van der Waals surface area contributed by atoms with Crippen LogP contribution in [0.2, 0.25) is 0 Å². The van der Waals surface area contributed by atoms with Crippen molar-refractivity contribution >= 4 is 16.9 Å². The molecule has 0 spiro atoms. The first-order valence-electron chi connectivity index (χ1n) is 9.90. The van der Waals surface area contributed by atoms with Crippen molar-refractivity contribution in [1.82, 2.24) is 29.6 Å². The summed E-state index contributed by atoms with van der Waals surface area (Å²) < 4.78 is 1.91. The number of pyridine rings is 1. The number of hydrogen-bond donors (Lipinski definition) is 0. The van der Waals surface area contributed by atoms with Crippen LogP contribution in [0.25, 0.3) is 16.6 Å². The van der Waals surface area contributed by atoms with Crippen molar-refractivity contribution in [2.45, 2.75) is 19.5 Å². The van der Waals surface area contributed by atoms with Crippen LogP contribution in [0.3, 0.4) is 0 Å². The summed E-state index contributed by atoms with van der Waals surface area (Å²) in [6, 6.07) is 13.1. The van der Waals surface area contributed by atoms with Gasteiger partial charge in [-0.2, -0.15) is 0 Å². The number of aryl methyl sites for hydroxylation is 1. The van der Waals surface area contributed by atoms with Gasteiger partial charge in [-0.15, -0.1) is 16.4 Å². The van der Waals surface area contributed by atoms with E-state index >= 15 is 0 Å². The van der Waals surface area contributed by atoms with E-state index in [1.54, 1.807) is 11.3 Å². The van der Waals surface area contributed by atoms with Crippen LogP contribution >= 0.6 is 11.3 Å². The Hall–Kier alpha value is -2.61. The molecule has 0 bridgehead atoms. The van der Waals surface area contributed by atoms with Gasteiger partial charge in [0.1, 0.15) is 10.7 Å². The molecule has 148 valence electrons. The predicted molar refractivity (Wildman–Crippen MR) is 116 cm³/mol. The highest BCUT2D eigenvalue weighted by Crippen LogP contribution is 2.28. The SMILES string of the molecule is Cc1ccc(-c2ccc3c(C4CN(Cc5nccs5)CCN4C)nnn3c2)cc1. The quantitative estimate of drug-likeness (QED) is 0.520. The lowest BCUT2D eigenvalue weighted by molar-refractivity contribution is 0.0889. The Bertz CT molecular complexity index is 1100. The maximum Gasteiger partial charge on any atom is 0.109 e. The molecule has 1 aromatic carbocycles. The highest BCUT2D eigenvalue weighted by atomic mass is 32.1. The molecule has 5 rings (SSSR count). The maximum absolute atomic E-state index is 4.58. The number of benzene rings is 1. The molecule has 1 atom stereocenters. The summed E-state index contributed by atoms with van der Waals surface area (Å²) in [7, 11) is 2.18. The Morgan fingerprint density at radius 3 is 2.69 bits per heavy atom. The highest BCUT2D eigenvalue weighted by Gasteiger charge is 2.29. The summed E-state index contributed by atoms with van der Waals surface area (Å²) in [6.07, 6.45) is 3.96. The molecule has 4 heterocycles. The zero-order valence-electron chi connectivity index (χ0n) is 16.7. The standard InChI is InChI=1S/C22H24N6S/c1-16-3-5-17(6-4-16)18-7-8-19-22(24-25-28(19)13-18)20-14-27(11-10-26(20)2)15-21-23-9-12-29-21/h3-9,12-13,20H,10-11,14-15H2,1-2H3. The first kappa shape index (κ1) is 18.4. The fourth-order valence-corrected chi connectivity index (χ4v) is 4.62. The normalized spacial score (nSPS) is 18.5. The van der Waals surface area contributed by atoms with Gasteiger partial charge in [-0.25, -0.2) is 9.50 Å². The molecule has 1 fully saturated rings. The summed E-state index contributed by atoms with van der Waals surface area (Å²) in [6.45, 7) is 6.00. The van der Waals surface area contributed by atoms with Crippen molar-refractivity contribution in [1.29, 1.82) is 0 Å². The van der Waals surface area contributed by atoms with Crippen LogP contribution in [0.15, 0.2) is 54.2 Å². The molecular weight excluding hydrogens is 380 g/mol. The zero-order chi connectivity index (χ0) is 19.8. The Morgan fingerprint density at radius 1 is 1.07 bits per heavy atom. The van der Waals surface area contributed by atoms with Gasteiger partial charge >= 0.3 is 0 Å². The fraction of sp³-hybridized carbons (Fsp3) is 0.318. The number of nitrogens with zero attached hydrogens (tertiary/aromatic N) is 6. The summed E-state index contributed by atoms with van der Waals surface area (Å²) >= 11 is 1.72. The van der Waals surface area contributed by atoms with Gasteiger partial charge in [-0.05, 0) is 25.6 Å². The van der Waals surface area contributed by atoms with Crippen LogP contribution in [0.5, 0.6) is 0 Å². The second-order valence-corrected chi connectivity index (χ2v) is 8.72. The summed E-state index contributed by atoms with van der Waals surface area (Å²) in [4.78, 5) is 9.29. The topological polar surface area (TPSA) is 49.6 Å². The van der Waals surface area contributed by atoms with Crippen molar-refractivity contribution in [3.63, 3.8) is 0 Å². The first-order valence-corrected chi connectivity index (χ1v) is 10.8. The molecular formula is C22H24N6S. The Kier molecular flexibility index (Phi) is 4.87. The number of piperazine rings is 1. The van der Waals surface area contributed by atoms with E-state index in [9.17, 15) is 0 Å². The van der Waals surface area contributed by atoms with Gasteiger partial charge in [-0.3, -0.25) is 9.80 Å². The lowest BCUT2D eigenvalue weighted by atomic mass is 10.0. The third-order valence-electron chi connectivity index (χ3n) is 5.72. The van der Waals surface area contributed by atoms with Crippen molar-refractivity contribution < 1.29 is 0 Å². The molecule has 0 saturated carbocycles. The molecule has 0 radical (unpaired) electrons. The average Bonchev–Trinajstić information content (AvgIpc) is 3.39. The van der Waals surface area contributed by atoms with Crippen LogP contribution in [0.1, 0.15) is 22.3 Å². The molecule has 0 N–H and O–H groups in total. The van der Waals surface area contributed by atoms with E-state index < -0.39 is 0 Å². The van der Waals surface area contributed by atoms with Crippen molar-refractivity contribution in [2.24, 2.45) is 0 Å². The van der Waals surface area contributed by atoms with Gasteiger partial charge in [0.05, 0.1) is 18.1 Å². The highest BCUT2D eigenvalue weighted by molar-refractivity contribution is 7.09. The van der Waals surface area contributed by atoms with E-state index in [2.05, 4.69) is 81.7 Å². The zero-order valence-corrected chi connectivity index (χ0v) is 17.5. The van der Waals surface area contributed by atoms with Gasteiger partial charge in [0, 0.05) is 43.0 Å². The van der Waals surface area contributed by atoms with Crippen LogP contribution in [0.4, 0.5) is 0 Å². The second kappa shape index (κ2) is 7.67. The number of fused-ring (bicyclic) bond motifs is 1. The number of hydrogen-bond acceptors (Lipinski definition) is 6. The average molecular weight is 405 g/mol. The third kappa shape index (κ3) is 3.69. The molecule has 6 nitrogen and oxygen atoms in total. The van der Waals surface area contributed by atoms with Crippen LogP contribution in [0, 0.1) is 6.92 Å². The first-order chi connectivity index (χ1) is 14.2. The van der Waals surface area contributed by atoms with Gasteiger partial charge in [-0.1, -0.05) is 41.1 Å². The molecule has 0 aliphatic carbocycles. The molecule has 1 saturated heterocycles. The van der Waals surface area contributed by atoms with E-state index in [1.165, 1.54) is 16.1 Å². The largest absolute Gasteiger partial charge is 0.295 e. The van der Waals surface area contributed by atoms with E-state index in [1.807, 2.05) is 16.1 Å². The molecule has 0 amide bonds. The number of aromatic nitrogens is 4. The monoisotopic (exact) mass is 404 g/mol. The van der Waals surface area contributed by atoms with Crippen LogP contribution in [-0.2, 0) is 6.54 Å². The predicted octanol–water partition coefficient (Wildman–Crippen LogP) is 3.65. The van der Waals surface area contributed by atoms with Gasteiger partial charge < -0.3 is 0 Å². The minimum atomic E-state index is 0.228. The van der Waals surface area contributed by atoms with Crippen LogP contribution < -0.4 is 0 Å². The number of thiazole rings is 1. The van der Waals surface area contributed by atoms with Crippen molar-refractivity contribution in [3.8, 4) is 11.1 Å². The minimum Gasteiger partial charge on any atom is -0.295 e. The molecule has 4 aromatic rings. The van der Waals surface area contributed by atoms with Crippen molar-refractivity contribution in [3.05, 3.63) is 70.4 Å². The molecule has 1 aliphatic rings. The second-order valence-electron chi connectivity index (χ2n) is 7.75. The molecule has 1 aliphatic heterocycles. The third-order valence-corrected chi connectivity index (χ3v) is 6.48. The van der Waals surface area contributed by atoms with Gasteiger partial charge in [0.15, 0.2) is 0 Å². The molecule has 1 unspecified atom stereocenters. The Balaban J connectivity index is 1.42. The summed E-state index contributed by atoms with van der Waals surface area (Å²) in [5.41, 5.74) is 5.73. The Morgan fingerprint density at radius 2 is 1.90 bits per heavy atom. The van der Waals surface area contributed by atoms with Crippen LogP contribution in [-0.4, -0.2) is 56.3 Å². The lowest BCUT2D eigenvalue weighted by Crippen LogP contribution is -2.46. The van der Waals surface area contributed by atoms with Crippen molar-refractivity contribution in [2.75, 3.05) is 26.7 Å². The van der Waals surface area contributed by atoms with Gasteiger partial charge in [0.25, 0.3) is 0 Å². The molecule has 29 heavy (non-hydrogen) atoms. The van der Waals surface area contributed by atoms with E-state index in [4.69, 9.17) is 0 Å². The summed E-state index contributed by atoms with van der Waals surface area (Å²) in [5, 5.41) is 12.2. The van der Waals surface area contributed by atoms with E-state index in [-0.39, 0.29) is 6.04 Å². The number of likely N-dealkylation sites (N-methyl/N-ethyl adjacent to an activating group) is 1. The minimum absolute atomic E-state index is 0.228. The molecule has 7 heteroatoms. The van der Waals surface area contributed by atoms with Gasteiger partial charge in [0.2, 0.25) is 0 Å². The maximum atomic E-state index is 4.58. The molecule has 3 aromatic heterocycles. The Labute approximate surface area is 174 Å².